The number of amides is 1. The molecule has 0 aromatic heterocycles. The van der Waals surface area contributed by atoms with Crippen molar-refractivity contribution in [2.24, 2.45) is 5.11 Å². The van der Waals surface area contributed by atoms with Gasteiger partial charge in [0.2, 0.25) is 11.6 Å². The summed E-state index contributed by atoms with van der Waals surface area (Å²) in [5.41, 5.74) is 6.67. The van der Waals surface area contributed by atoms with Crippen molar-refractivity contribution in [2.75, 3.05) is 13.2 Å². The minimum Gasteiger partial charge on any atom is -0.455 e. The van der Waals surface area contributed by atoms with Gasteiger partial charge >= 0.3 is 19.9 Å². The number of carbonyl (C=O) groups is 3. The molecule has 2 aromatic rings. The number of esters is 1. The van der Waals surface area contributed by atoms with Crippen molar-refractivity contribution in [1.82, 2.24) is 9.99 Å². The van der Waals surface area contributed by atoms with E-state index >= 15 is 0 Å². The molecule has 19 heteroatoms. The number of ether oxygens (including phenoxy) is 2. The molecule has 2 aliphatic heterocycles. The van der Waals surface area contributed by atoms with Gasteiger partial charge in [0.05, 0.1) is 13.0 Å². The van der Waals surface area contributed by atoms with Crippen molar-refractivity contribution in [2.45, 2.75) is 49.7 Å². The van der Waals surface area contributed by atoms with Gasteiger partial charge in [0.1, 0.15) is 24.0 Å². The Labute approximate surface area is 246 Å². The van der Waals surface area contributed by atoms with E-state index in [4.69, 9.17) is 13.8 Å². The smallest absolute Gasteiger partial charge is 0.455 e. The summed E-state index contributed by atoms with van der Waals surface area (Å²) >= 11 is 0. The number of alkyl halides is 3. The Morgan fingerprint density at radius 1 is 1.27 bits per heavy atom. The minimum atomic E-state index is -4.88. The second kappa shape index (κ2) is 12.9. The first-order valence-corrected chi connectivity index (χ1v) is 14.3. The van der Waals surface area contributed by atoms with Gasteiger partial charge < -0.3 is 24.2 Å². The first-order chi connectivity index (χ1) is 20.7. The van der Waals surface area contributed by atoms with Crippen LogP contribution in [0.25, 0.3) is 21.2 Å². The number of nitrogens with zero attached hydrogens (tertiary/aromatic N) is 4. The van der Waals surface area contributed by atoms with E-state index < -0.39 is 81.4 Å². The Bertz CT molecular complexity index is 1560. The molecule has 2 heterocycles. The monoisotopic (exact) mass is 643 g/mol. The Kier molecular flexibility index (Phi) is 9.65. The van der Waals surface area contributed by atoms with E-state index in [0.717, 1.165) is 24.1 Å². The summed E-state index contributed by atoms with van der Waals surface area (Å²) in [5.74, 6) is -2.89. The second-order valence-electron chi connectivity index (χ2n) is 9.65. The van der Waals surface area contributed by atoms with Crippen molar-refractivity contribution < 1.29 is 60.9 Å². The predicted octanol–water partition coefficient (Wildman–Crippen LogP) is 2.83. The van der Waals surface area contributed by atoms with Crippen LogP contribution in [0, 0.1) is 0 Å². The Morgan fingerprint density at radius 3 is 2.66 bits per heavy atom. The van der Waals surface area contributed by atoms with Gasteiger partial charge in [0, 0.05) is 16.5 Å². The average Bonchev–Trinajstić information content (AvgIpc) is 3.20. The molecular formula is C25H25F3N5O10P. The van der Waals surface area contributed by atoms with Gasteiger partial charge in [0.15, 0.2) is 18.6 Å². The number of nitrogens with one attached hydrogen (secondary N) is 1. The summed E-state index contributed by atoms with van der Waals surface area (Å²) in [4.78, 5) is 39.6. The van der Waals surface area contributed by atoms with Crippen LogP contribution < -0.4 is 9.61 Å². The van der Waals surface area contributed by atoms with Gasteiger partial charge in [0.25, 0.3) is 0 Å². The highest BCUT2D eigenvalue weighted by molar-refractivity contribution is 7.52. The number of fused-ring (bicyclic) bond motifs is 1. The summed E-state index contributed by atoms with van der Waals surface area (Å²) < 4.78 is 72.7. The molecule has 236 valence electrons. The number of hydrogen-bond donors (Lipinski definition) is 3. The molecule has 1 fully saturated rings. The zero-order valence-electron chi connectivity index (χ0n) is 22.7. The number of allylic oxidation sites excluding steroid dienone is 1. The average molecular weight is 643 g/mol. The van der Waals surface area contributed by atoms with E-state index in [1.54, 1.807) is 30.3 Å². The number of carbonyl (C=O) groups excluding carboxylic acids is 3. The summed E-state index contributed by atoms with van der Waals surface area (Å²) in [6.07, 6.45) is -9.16. The van der Waals surface area contributed by atoms with Crippen LogP contribution in [0.3, 0.4) is 0 Å². The molecule has 0 bridgehead atoms. The lowest BCUT2D eigenvalue weighted by atomic mass is 10.1. The van der Waals surface area contributed by atoms with Crippen LogP contribution in [-0.4, -0.2) is 82.4 Å². The van der Waals surface area contributed by atoms with E-state index in [1.807, 2.05) is 0 Å². The lowest BCUT2D eigenvalue weighted by Crippen LogP contribution is -2.46. The van der Waals surface area contributed by atoms with Crippen molar-refractivity contribution in [3.05, 3.63) is 65.2 Å². The number of benzene rings is 2. The Hall–Kier alpha value is -4.02. The molecule has 0 saturated carbocycles. The van der Waals surface area contributed by atoms with Crippen LogP contribution in [0.5, 0.6) is 5.75 Å². The van der Waals surface area contributed by atoms with Gasteiger partial charge in [-0.15, -0.1) is 0 Å². The number of aliphatic hydroxyl groups excluding tert-OH is 2. The summed E-state index contributed by atoms with van der Waals surface area (Å²) in [6, 6.07) is 9.52. The Balaban J connectivity index is 1.64. The zero-order valence-corrected chi connectivity index (χ0v) is 23.6. The van der Waals surface area contributed by atoms with E-state index in [2.05, 4.69) is 19.9 Å². The molecular weight excluding hydrogens is 618 g/mol. The summed E-state index contributed by atoms with van der Waals surface area (Å²) in [7, 11) is -4.88. The molecule has 3 N–H and O–H groups in total. The lowest BCUT2D eigenvalue weighted by Gasteiger charge is -2.31. The maximum atomic E-state index is 14.1. The first-order valence-electron chi connectivity index (χ1n) is 12.7. The SMILES string of the molecule is C[C@H](NP(=O)(OC[C@@]1(N=[N+]=[N-])O[C@@H](N2C=CC(=O)CC2=O)[C@H](O)[C@@H]1O)Oc1cccc2ccccc12)C(=O)OCC(F)(F)F. The molecule has 2 aromatic carbocycles. The molecule has 2 aliphatic rings. The van der Waals surface area contributed by atoms with E-state index in [1.165, 1.54) is 12.1 Å². The van der Waals surface area contributed by atoms with E-state index in [0.29, 0.717) is 10.8 Å². The Morgan fingerprint density at radius 2 is 1.98 bits per heavy atom. The van der Waals surface area contributed by atoms with E-state index in [9.17, 15) is 47.9 Å². The zero-order chi connectivity index (χ0) is 32.3. The summed E-state index contributed by atoms with van der Waals surface area (Å²) in [5, 5.41) is 28.1. The maximum absolute atomic E-state index is 14.1. The maximum Gasteiger partial charge on any atom is 0.459 e. The topological polar surface area (TPSA) is 210 Å². The van der Waals surface area contributed by atoms with Crippen LogP contribution in [-0.2, 0) is 32.9 Å². The number of rotatable bonds is 11. The lowest BCUT2D eigenvalue weighted by molar-refractivity contribution is -0.187. The molecule has 0 aliphatic carbocycles. The number of halogens is 3. The van der Waals surface area contributed by atoms with Crippen molar-refractivity contribution in [1.29, 1.82) is 0 Å². The fourth-order valence-corrected chi connectivity index (χ4v) is 5.84. The third kappa shape index (κ3) is 7.36. The molecule has 0 radical (unpaired) electrons. The molecule has 6 atom stereocenters. The predicted molar refractivity (Wildman–Crippen MR) is 142 cm³/mol. The van der Waals surface area contributed by atoms with Crippen molar-refractivity contribution in [3.8, 4) is 5.75 Å². The second-order valence-corrected chi connectivity index (χ2v) is 11.3. The number of ketones is 1. The van der Waals surface area contributed by atoms with Crippen LogP contribution >= 0.6 is 7.75 Å². The standard InChI is InChI=1S/C25H25F3N5O10P/c1-14(23(38)40-13-25(26,27)28)30-44(39,43-18-8-4-6-15-5-2-3-7-17(15)18)41-12-24(31-32-29)21(37)20(36)22(42-24)33-10-9-16(34)11-19(33)35/h2-10,14,20-22,36-37H,11-13H2,1H3,(H,30,39)/t14-,20+,21-,22+,24+,44?/m0/s1. The highest BCUT2D eigenvalue weighted by atomic mass is 31.2. The molecule has 0 spiro atoms. The van der Waals surface area contributed by atoms with Crippen molar-refractivity contribution in [3.63, 3.8) is 0 Å². The quantitative estimate of drug-likeness (QED) is 0.0809. The number of aliphatic hydroxyl groups is 2. The molecule has 44 heavy (non-hydrogen) atoms. The minimum absolute atomic E-state index is 0.0628. The number of azide groups is 1. The van der Waals surface area contributed by atoms with Gasteiger partial charge in [-0.3, -0.25) is 23.8 Å². The van der Waals surface area contributed by atoms with Crippen LogP contribution in [0.4, 0.5) is 13.2 Å². The highest BCUT2D eigenvalue weighted by Crippen LogP contribution is 2.49. The normalized spacial score (nSPS) is 25.8. The van der Waals surface area contributed by atoms with Gasteiger partial charge in [-0.05, 0) is 30.0 Å². The third-order valence-corrected chi connectivity index (χ3v) is 8.03. The first kappa shape index (κ1) is 32.9. The molecule has 1 amide bonds. The molecule has 1 unspecified atom stereocenters. The largest absolute Gasteiger partial charge is 0.459 e. The van der Waals surface area contributed by atoms with Gasteiger partial charge in [-0.2, -0.15) is 18.3 Å². The molecule has 4 rings (SSSR count). The van der Waals surface area contributed by atoms with Crippen LogP contribution in [0.15, 0.2) is 59.9 Å². The summed E-state index contributed by atoms with van der Waals surface area (Å²) in [6.45, 7) is -2.06. The fraction of sp³-hybridized carbons (Fsp3) is 0.400. The third-order valence-electron chi connectivity index (χ3n) is 6.42. The van der Waals surface area contributed by atoms with Crippen molar-refractivity contribution >= 4 is 36.2 Å². The van der Waals surface area contributed by atoms with Crippen LogP contribution in [0.2, 0.25) is 0 Å². The van der Waals surface area contributed by atoms with Crippen LogP contribution in [0.1, 0.15) is 13.3 Å². The van der Waals surface area contributed by atoms with E-state index in [-0.39, 0.29) is 5.75 Å². The molecule has 15 nitrogen and oxygen atoms in total. The highest BCUT2D eigenvalue weighted by Gasteiger charge is 2.58. The fourth-order valence-electron chi connectivity index (χ4n) is 4.31. The van der Waals surface area contributed by atoms with Gasteiger partial charge in [-0.25, -0.2) is 4.57 Å². The molecule has 1 saturated heterocycles. The number of hydrogen-bond acceptors (Lipinski definition) is 11. The van der Waals surface area contributed by atoms with Gasteiger partial charge in [-0.1, -0.05) is 41.5 Å².